The molecule has 2 rings (SSSR count). The van der Waals surface area contributed by atoms with E-state index in [0.29, 0.717) is 5.69 Å². The van der Waals surface area contributed by atoms with Crippen LogP contribution in [0, 0.1) is 6.92 Å². The molecule has 0 aliphatic heterocycles. The van der Waals surface area contributed by atoms with Crippen LogP contribution in [0.2, 0.25) is 0 Å². The quantitative estimate of drug-likeness (QED) is 0.890. The Morgan fingerprint density at radius 1 is 1.05 bits per heavy atom. The Labute approximate surface area is 126 Å². The molecular weight excluding hydrogens is 284 g/mol. The van der Waals surface area contributed by atoms with Crippen LogP contribution in [0.5, 0.6) is 0 Å². The molecule has 2 aromatic carbocycles. The first kappa shape index (κ1) is 15.4. The third kappa shape index (κ3) is 3.36. The third-order valence-electron chi connectivity index (χ3n) is 3.43. The topological polar surface area (TPSA) is 58.2 Å². The van der Waals surface area contributed by atoms with Crippen LogP contribution in [0.3, 0.4) is 0 Å². The van der Waals surface area contributed by atoms with Crippen molar-refractivity contribution in [2.24, 2.45) is 0 Å². The van der Waals surface area contributed by atoms with Gasteiger partial charge in [0.1, 0.15) is 0 Å². The minimum atomic E-state index is -3.57. The van der Waals surface area contributed by atoms with Crippen LogP contribution in [-0.2, 0) is 16.4 Å². The number of benzene rings is 2. The lowest BCUT2D eigenvalue weighted by Crippen LogP contribution is -2.15. The second-order valence-electron chi connectivity index (χ2n) is 4.84. The molecule has 0 fully saturated rings. The first-order chi connectivity index (χ1) is 9.97. The second kappa shape index (κ2) is 6.18. The Balaban J connectivity index is 2.37. The number of para-hydroxylation sites is 1. The first-order valence-electron chi connectivity index (χ1n) is 6.87. The molecule has 0 aliphatic carbocycles. The molecule has 0 spiro atoms. The van der Waals surface area contributed by atoms with Gasteiger partial charge in [0.05, 0.1) is 10.6 Å². The second-order valence-corrected chi connectivity index (χ2v) is 6.52. The summed E-state index contributed by atoms with van der Waals surface area (Å²) >= 11 is 0. The van der Waals surface area contributed by atoms with Gasteiger partial charge in [0.15, 0.2) is 0 Å². The molecule has 0 saturated heterocycles. The summed E-state index contributed by atoms with van der Waals surface area (Å²) in [4.78, 5) is 0.256. The number of nitrogens with one attached hydrogen (secondary N) is 2. The highest BCUT2D eigenvalue weighted by Gasteiger charge is 2.16. The van der Waals surface area contributed by atoms with Crippen molar-refractivity contribution in [1.82, 2.24) is 0 Å². The van der Waals surface area contributed by atoms with Gasteiger partial charge in [-0.1, -0.05) is 25.1 Å². The first-order valence-corrected chi connectivity index (χ1v) is 8.35. The van der Waals surface area contributed by atoms with Crippen molar-refractivity contribution in [3.8, 4) is 0 Å². The predicted octanol–water partition coefficient (Wildman–Crippen LogP) is 3.40. The minimum absolute atomic E-state index is 0.256. The summed E-state index contributed by atoms with van der Waals surface area (Å²) in [5, 5.41) is 2.97. The van der Waals surface area contributed by atoms with Gasteiger partial charge in [-0.15, -0.1) is 0 Å². The van der Waals surface area contributed by atoms with Gasteiger partial charge < -0.3 is 5.32 Å². The molecular formula is C16H20N2O2S. The van der Waals surface area contributed by atoms with Crippen LogP contribution in [0.15, 0.2) is 47.4 Å². The SMILES string of the molecule is CCc1cccc(C)c1NS(=O)(=O)c1ccc(NC)cc1. The van der Waals surface area contributed by atoms with Gasteiger partial charge in [-0.3, -0.25) is 4.72 Å². The fraction of sp³-hybridized carbons (Fsp3) is 0.250. The van der Waals surface area contributed by atoms with Crippen molar-refractivity contribution in [2.75, 3.05) is 17.1 Å². The molecule has 0 atom stereocenters. The molecule has 0 aromatic heterocycles. The molecule has 5 heteroatoms. The maximum absolute atomic E-state index is 12.5. The third-order valence-corrected chi connectivity index (χ3v) is 4.80. The molecule has 2 N–H and O–H groups in total. The number of rotatable bonds is 5. The molecule has 0 aliphatic rings. The van der Waals surface area contributed by atoms with Gasteiger partial charge in [0, 0.05) is 12.7 Å². The molecule has 2 aromatic rings. The molecule has 0 radical (unpaired) electrons. The zero-order valence-corrected chi connectivity index (χ0v) is 13.3. The van der Waals surface area contributed by atoms with Crippen LogP contribution in [0.25, 0.3) is 0 Å². The zero-order chi connectivity index (χ0) is 15.5. The molecule has 4 nitrogen and oxygen atoms in total. The molecule has 21 heavy (non-hydrogen) atoms. The molecule has 0 saturated carbocycles. The van der Waals surface area contributed by atoms with E-state index in [1.165, 1.54) is 0 Å². The van der Waals surface area contributed by atoms with E-state index in [4.69, 9.17) is 0 Å². The highest BCUT2D eigenvalue weighted by Crippen LogP contribution is 2.25. The summed E-state index contributed by atoms with van der Waals surface area (Å²) in [5.74, 6) is 0. The smallest absolute Gasteiger partial charge is 0.261 e. The van der Waals surface area contributed by atoms with E-state index >= 15 is 0 Å². The van der Waals surface area contributed by atoms with Crippen molar-refractivity contribution in [3.05, 3.63) is 53.6 Å². The van der Waals surface area contributed by atoms with Crippen molar-refractivity contribution < 1.29 is 8.42 Å². The molecule has 112 valence electrons. The number of hydrogen-bond acceptors (Lipinski definition) is 3. The number of aryl methyl sites for hydroxylation is 2. The Hall–Kier alpha value is -2.01. The lowest BCUT2D eigenvalue weighted by atomic mass is 10.1. The van der Waals surface area contributed by atoms with Crippen molar-refractivity contribution in [3.63, 3.8) is 0 Å². The van der Waals surface area contributed by atoms with E-state index in [1.54, 1.807) is 31.3 Å². The van der Waals surface area contributed by atoms with Crippen molar-refractivity contribution >= 4 is 21.4 Å². The predicted molar refractivity (Wildman–Crippen MR) is 87.4 cm³/mol. The van der Waals surface area contributed by atoms with E-state index in [9.17, 15) is 8.42 Å². The Morgan fingerprint density at radius 2 is 1.71 bits per heavy atom. The van der Waals surface area contributed by atoms with Crippen LogP contribution in [0.4, 0.5) is 11.4 Å². The van der Waals surface area contributed by atoms with E-state index in [2.05, 4.69) is 10.0 Å². The van der Waals surface area contributed by atoms with Crippen LogP contribution in [0.1, 0.15) is 18.1 Å². The lowest BCUT2D eigenvalue weighted by Gasteiger charge is -2.14. The van der Waals surface area contributed by atoms with E-state index < -0.39 is 10.0 Å². The number of anilines is 2. The zero-order valence-electron chi connectivity index (χ0n) is 12.5. The maximum atomic E-state index is 12.5. The van der Waals surface area contributed by atoms with Gasteiger partial charge in [-0.25, -0.2) is 8.42 Å². The summed E-state index contributed by atoms with van der Waals surface area (Å²) in [6.07, 6.45) is 0.776. The summed E-state index contributed by atoms with van der Waals surface area (Å²) in [6, 6.07) is 12.5. The minimum Gasteiger partial charge on any atom is -0.388 e. The Morgan fingerprint density at radius 3 is 2.29 bits per heavy atom. The highest BCUT2D eigenvalue weighted by atomic mass is 32.2. The summed E-state index contributed by atoms with van der Waals surface area (Å²) in [6.45, 7) is 3.91. The largest absolute Gasteiger partial charge is 0.388 e. The van der Waals surface area contributed by atoms with Crippen LogP contribution in [-0.4, -0.2) is 15.5 Å². The average Bonchev–Trinajstić information content (AvgIpc) is 2.49. The highest BCUT2D eigenvalue weighted by molar-refractivity contribution is 7.92. The fourth-order valence-electron chi connectivity index (χ4n) is 2.16. The van der Waals surface area contributed by atoms with Crippen molar-refractivity contribution in [2.45, 2.75) is 25.2 Å². The summed E-state index contributed by atoms with van der Waals surface area (Å²) < 4.78 is 27.7. The van der Waals surface area contributed by atoms with Crippen LogP contribution < -0.4 is 10.0 Å². The van der Waals surface area contributed by atoms with Crippen molar-refractivity contribution in [1.29, 1.82) is 0 Å². The summed E-state index contributed by atoms with van der Waals surface area (Å²) in [5.41, 5.74) is 3.46. The van der Waals surface area contributed by atoms with Gasteiger partial charge in [0.2, 0.25) is 0 Å². The lowest BCUT2D eigenvalue weighted by molar-refractivity contribution is 0.601. The molecule has 0 unspecified atom stereocenters. The average molecular weight is 304 g/mol. The van der Waals surface area contributed by atoms with Gasteiger partial charge in [0.25, 0.3) is 10.0 Å². The van der Waals surface area contributed by atoms with Gasteiger partial charge >= 0.3 is 0 Å². The summed E-state index contributed by atoms with van der Waals surface area (Å²) in [7, 11) is -1.78. The normalized spacial score (nSPS) is 11.2. The van der Waals surface area contributed by atoms with Gasteiger partial charge in [-0.05, 0) is 48.7 Å². The van der Waals surface area contributed by atoms with E-state index in [1.807, 2.05) is 32.0 Å². The maximum Gasteiger partial charge on any atom is 0.261 e. The molecule has 0 heterocycles. The van der Waals surface area contributed by atoms with Crippen LogP contribution >= 0.6 is 0 Å². The molecule has 0 bridgehead atoms. The Kier molecular flexibility index (Phi) is 4.53. The fourth-order valence-corrected chi connectivity index (χ4v) is 3.34. The monoisotopic (exact) mass is 304 g/mol. The standard InChI is InChI=1S/C16H20N2O2S/c1-4-13-7-5-6-12(2)16(13)18-21(19,20)15-10-8-14(17-3)9-11-15/h5-11,17-18H,4H2,1-3H3. The number of sulfonamides is 1. The van der Waals surface area contributed by atoms with E-state index in [-0.39, 0.29) is 4.90 Å². The van der Waals surface area contributed by atoms with Gasteiger partial charge in [-0.2, -0.15) is 0 Å². The van der Waals surface area contributed by atoms with E-state index in [0.717, 1.165) is 23.2 Å². The molecule has 0 amide bonds. The number of hydrogen-bond donors (Lipinski definition) is 2. The Bertz CT molecular complexity index is 722.